The Bertz CT molecular complexity index is 415. The smallest absolute Gasteiger partial charge is 0.243 e. The third-order valence-electron chi connectivity index (χ3n) is 4.40. The van der Waals surface area contributed by atoms with Crippen molar-refractivity contribution in [2.24, 2.45) is 10.4 Å². The molecule has 0 bridgehead atoms. The number of carbonyl (C=O) groups excluding carboxylic acids is 1. The normalized spacial score (nSPS) is 15.2. The molecule has 0 saturated heterocycles. The number of guanidine groups is 1. The van der Waals surface area contributed by atoms with E-state index in [0.29, 0.717) is 11.4 Å². The summed E-state index contributed by atoms with van der Waals surface area (Å²) in [6.45, 7) is 8.85. The van der Waals surface area contributed by atoms with Gasteiger partial charge in [0.1, 0.15) is 6.54 Å². The maximum absolute atomic E-state index is 11.8. The Morgan fingerprint density at radius 2 is 1.77 bits per heavy atom. The van der Waals surface area contributed by atoms with Gasteiger partial charge >= 0.3 is 0 Å². The van der Waals surface area contributed by atoms with E-state index in [2.05, 4.69) is 15.6 Å². The van der Waals surface area contributed by atoms with Crippen molar-refractivity contribution in [3.05, 3.63) is 0 Å². The zero-order valence-corrected chi connectivity index (χ0v) is 19.1. The Morgan fingerprint density at radius 3 is 2.35 bits per heavy atom. The average Bonchev–Trinajstić information content (AvgIpc) is 3.36. The van der Waals surface area contributed by atoms with Gasteiger partial charge in [-0.05, 0) is 44.9 Å². The van der Waals surface area contributed by atoms with Crippen molar-refractivity contribution in [1.82, 2.24) is 15.5 Å². The first-order valence-electron chi connectivity index (χ1n) is 9.41. The van der Waals surface area contributed by atoms with E-state index < -0.39 is 0 Å². The molecule has 0 radical (unpaired) electrons. The predicted molar refractivity (Wildman–Crippen MR) is 116 cm³/mol. The number of aliphatic imine (C=N–C) groups is 1. The molecule has 0 atom stereocenters. The van der Waals surface area contributed by atoms with Crippen LogP contribution in [0.3, 0.4) is 0 Å². The van der Waals surface area contributed by atoms with Crippen LogP contribution in [0.4, 0.5) is 0 Å². The summed E-state index contributed by atoms with van der Waals surface area (Å²) in [5.74, 6) is 0.697. The number of hydrogen-bond acceptors (Lipinski definition) is 4. The van der Waals surface area contributed by atoms with Crippen LogP contribution in [0.25, 0.3) is 0 Å². The van der Waals surface area contributed by atoms with Crippen LogP contribution in [-0.4, -0.2) is 76.9 Å². The minimum atomic E-state index is -0.00658. The summed E-state index contributed by atoms with van der Waals surface area (Å²) in [6, 6.07) is 0. The quantitative estimate of drug-likeness (QED) is 0.181. The maximum atomic E-state index is 11.8. The van der Waals surface area contributed by atoms with Crippen LogP contribution in [0.1, 0.15) is 39.5 Å². The van der Waals surface area contributed by atoms with Gasteiger partial charge in [0.15, 0.2) is 5.96 Å². The highest BCUT2D eigenvalue weighted by molar-refractivity contribution is 14.0. The molecule has 1 aliphatic rings. The molecule has 1 saturated carbocycles. The summed E-state index contributed by atoms with van der Waals surface area (Å²) in [7, 11) is 3.49. The first kappa shape index (κ1) is 25.4. The molecule has 0 aromatic rings. The summed E-state index contributed by atoms with van der Waals surface area (Å²) in [6.07, 6.45) is 4.43. The van der Waals surface area contributed by atoms with Crippen molar-refractivity contribution < 1.29 is 14.3 Å². The number of hydrogen-bond donors (Lipinski definition) is 2. The Kier molecular flexibility index (Phi) is 14.1. The fourth-order valence-corrected chi connectivity index (χ4v) is 2.38. The largest absolute Gasteiger partial charge is 0.382 e. The van der Waals surface area contributed by atoms with Crippen molar-refractivity contribution in [2.75, 3.05) is 60.2 Å². The summed E-state index contributed by atoms with van der Waals surface area (Å²) in [5.41, 5.74) is 0.328. The minimum absolute atomic E-state index is 0. The van der Waals surface area contributed by atoms with Crippen LogP contribution >= 0.6 is 24.0 Å². The molecular formula is C18H37IN4O3. The Hall–Kier alpha value is -0.610. The summed E-state index contributed by atoms with van der Waals surface area (Å²) >= 11 is 0. The molecule has 1 aliphatic carbocycles. The van der Waals surface area contributed by atoms with Crippen LogP contribution in [-0.2, 0) is 14.3 Å². The molecule has 2 N–H and O–H groups in total. The molecule has 8 heteroatoms. The van der Waals surface area contributed by atoms with Crippen LogP contribution in [0.15, 0.2) is 4.99 Å². The molecule has 26 heavy (non-hydrogen) atoms. The van der Waals surface area contributed by atoms with Gasteiger partial charge in [0, 0.05) is 53.6 Å². The molecule has 154 valence electrons. The number of rotatable bonds is 13. The number of amides is 1. The number of carbonyl (C=O) groups is 1. The average molecular weight is 484 g/mol. The van der Waals surface area contributed by atoms with Crippen molar-refractivity contribution in [1.29, 1.82) is 0 Å². The van der Waals surface area contributed by atoms with Gasteiger partial charge in [0.25, 0.3) is 0 Å². The first-order chi connectivity index (χ1) is 12.0. The SMILES string of the molecule is CCOCCCNC(=NCC(=O)N(C)C)NCC1(CCOCC)CC1.I. The predicted octanol–water partition coefficient (Wildman–Crippen LogP) is 1.86. The number of halogens is 1. The highest BCUT2D eigenvalue weighted by Crippen LogP contribution is 2.48. The first-order valence-corrected chi connectivity index (χ1v) is 9.41. The third kappa shape index (κ3) is 11.2. The molecule has 0 aliphatic heterocycles. The number of nitrogens with zero attached hydrogens (tertiary/aromatic N) is 2. The lowest BCUT2D eigenvalue weighted by molar-refractivity contribution is -0.127. The van der Waals surface area contributed by atoms with E-state index in [-0.39, 0.29) is 36.4 Å². The van der Waals surface area contributed by atoms with Crippen molar-refractivity contribution in [3.63, 3.8) is 0 Å². The van der Waals surface area contributed by atoms with Gasteiger partial charge < -0.3 is 25.0 Å². The highest BCUT2D eigenvalue weighted by atomic mass is 127. The van der Waals surface area contributed by atoms with Crippen LogP contribution in [0.2, 0.25) is 0 Å². The highest BCUT2D eigenvalue weighted by Gasteiger charge is 2.41. The Labute approximate surface area is 175 Å². The monoisotopic (exact) mass is 484 g/mol. The van der Waals surface area contributed by atoms with Crippen LogP contribution in [0, 0.1) is 5.41 Å². The molecule has 1 fully saturated rings. The molecule has 1 amide bonds. The Morgan fingerprint density at radius 1 is 1.12 bits per heavy atom. The lowest BCUT2D eigenvalue weighted by Crippen LogP contribution is -2.42. The van der Waals surface area contributed by atoms with Gasteiger partial charge in [0.05, 0.1) is 0 Å². The van der Waals surface area contributed by atoms with Crippen molar-refractivity contribution in [3.8, 4) is 0 Å². The van der Waals surface area contributed by atoms with E-state index in [1.54, 1.807) is 19.0 Å². The van der Waals surface area contributed by atoms with Gasteiger partial charge in [-0.15, -0.1) is 24.0 Å². The van der Waals surface area contributed by atoms with Crippen LogP contribution < -0.4 is 10.6 Å². The number of ether oxygens (including phenoxy) is 2. The standard InChI is InChI=1S/C18H36N4O3.HI/c1-5-24-12-7-11-19-17(20-14-16(23)22(3)4)21-15-18(8-9-18)10-13-25-6-2;/h5-15H2,1-4H3,(H2,19,20,21);1H. The van der Waals surface area contributed by atoms with Gasteiger partial charge in [-0.3, -0.25) is 4.79 Å². The van der Waals surface area contributed by atoms with Gasteiger partial charge in [0.2, 0.25) is 5.91 Å². The minimum Gasteiger partial charge on any atom is -0.382 e. The van der Waals surface area contributed by atoms with E-state index in [4.69, 9.17) is 9.47 Å². The lowest BCUT2D eigenvalue weighted by Gasteiger charge is -2.19. The van der Waals surface area contributed by atoms with E-state index in [9.17, 15) is 4.79 Å². The fourth-order valence-electron chi connectivity index (χ4n) is 2.38. The number of nitrogens with one attached hydrogen (secondary N) is 2. The van der Waals surface area contributed by atoms with E-state index in [1.807, 2.05) is 13.8 Å². The zero-order valence-electron chi connectivity index (χ0n) is 16.8. The second-order valence-electron chi connectivity index (χ2n) is 6.73. The molecular weight excluding hydrogens is 447 g/mol. The summed E-state index contributed by atoms with van der Waals surface area (Å²) in [5, 5.41) is 6.70. The molecule has 0 aromatic heterocycles. The molecule has 0 unspecified atom stereocenters. The van der Waals surface area contributed by atoms with E-state index in [0.717, 1.165) is 52.4 Å². The molecule has 7 nitrogen and oxygen atoms in total. The van der Waals surface area contributed by atoms with Gasteiger partial charge in [-0.2, -0.15) is 0 Å². The van der Waals surface area contributed by atoms with Crippen molar-refractivity contribution >= 4 is 35.8 Å². The van der Waals surface area contributed by atoms with Crippen LogP contribution in [0.5, 0.6) is 0 Å². The fraction of sp³-hybridized carbons (Fsp3) is 0.889. The summed E-state index contributed by atoms with van der Waals surface area (Å²) < 4.78 is 10.8. The molecule has 0 spiro atoms. The lowest BCUT2D eigenvalue weighted by atomic mass is 10.0. The van der Waals surface area contributed by atoms with Gasteiger partial charge in [-0.25, -0.2) is 4.99 Å². The third-order valence-corrected chi connectivity index (χ3v) is 4.40. The second kappa shape index (κ2) is 14.4. The number of likely N-dealkylation sites (N-methyl/N-ethyl adjacent to an activating group) is 1. The van der Waals surface area contributed by atoms with E-state index in [1.165, 1.54) is 12.8 Å². The topological polar surface area (TPSA) is 75.2 Å². The molecule has 1 rings (SSSR count). The van der Waals surface area contributed by atoms with Crippen molar-refractivity contribution in [2.45, 2.75) is 39.5 Å². The maximum Gasteiger partial charge on any atom is 0.243 e. The summed E-state index contributed by atoms with van der Waals surface area (Å²) in [4.78, 5) is 17.8. The van der Waals surface area contributed by atoms with E-state index >= 15 is 0 Å². The molecule has 0 heterocycles. The second-order valence-corrected chi connectivity index (χ2v) is 6.73. The van der Waals surface area contributed by atoms with Gasteiger partial charge in [-0.1, -0.05) is 0 Å². The zero-order chi connectivity index (χ0) is 18.5. The molecule has 0 aromatic carbocycles. The Balaban J connectivity index is 0.00000625.